The Morgan fingerprint density at radius 2 is 2.04 bits per heavy atom. The number of aromatic nitrogens is 4. The van der Waals surface area contributed by atoms with E-state index < -0.39 is 48.3 Å². The number of aryl methyl sites for hydroxylation is 1. The number of nitrogens with zero attached hydrogens (tertiary/aromatic N) is 4. The third-order valence-corrected chi connectivity index (χ3v) is 4.06. The van der Waals surface area contributed by atoms with Crippen molar-refractivity contribution < 1.29 is 19.1 Å². The molecule has 0 fully saturated rings. The first kappa shape index (κ1) is 10.6. The van der Waals surface area contributed by atoms with Gasteiger partial charge in [0.15, 0.2) is 5.78 Å². The molecule has 0 aliphatic rings. The van der Waals surface area contributed by atoms with Crippen LogP contribution in [0.3, 0.4) is 0 Å². The number of Topliss-reactive ketones (excluding diaryl/α,β-unsaturated/α-hetero) is 1. The Morgan fingerprint density at radius 3 is 2.78 bits per heavy atom. The Kier molecular flexibility index (Phi) is 2.74. The Balaban J connectivity index is 1.68. The summed E-state index contributed by atoms with van der Waals surface area (Å²) in [6.07, 6.45) is 6.29. The number of benzene rings is 1. The lowest BCUT2D eigenvalue weighted by molar-refractivity contribution is 0.0992. The normalized spacial score (nSPS) is 15.1. The molecular weight excluding hydrogens is 340 g/mol. The molecule has 0 spiro atoms. The average Bonchev–Trinajstić information content (AvgIpc) is 3.20. The van der Waals surface area contributed by atoms with Crippen LogP contribution in [0.1, 0.15) is 25.6 Å². The number of imidazole rings is 1. The highest BCUT2D eigenvalue weighted by Crippen LogP contribution is 2.22. The number of fused-ring (bicyclic) bond motifs is 1. The molecule has 0 saturated carbocycles. The van der Waals surface area contributed by atoms with Gasteiger partial charge in [-0.15, -0.1) is 0 Å². The van der Waals surface area contributed by atoms with Crippen molar-refractivity contribution in [1.29, 1.82) is 0 Å². The number of rotatable bonds is 5. The summed E-state index contributed by atoms with van der Waals surface area (Å²) in [5, 5.41) is 0.720. The summed E-state index contributed by atoms with van der Waals surface area (Å²) in [6, 6.07) is 0.722. The topological polar surface area (TPSA) is 69.9 Å². The fourth-order valence-corrected chi connectivity index (χ4v) is 2.69. The van der Waals surface area contributed by atoms with Gasteiger partial charge in [-0.2, -0.15) is 0 Å². The Hall–Kier alpha value is -3.54. The van der Waals surface area contributed by atoms with Gasteiger partial charge in [-0.25, -0.2) is 4.98 Å². The Bertz CT molecular complexity index is 1400. The van der Waals surface area contributed by atoms with E-state index in [1.165, 1.54) is 6.20 Å². The quantitative estimate of drug-likeness (QED) is 0.507. The summed E-state index contributed by atoms with van der Waals surface area (Å²) in [7, 11) is -1.11. The average molecular weight is 365 g/mol. The molecule has 6 heteroatoms. The highest BCUT2D eigenvalue weighted by molar-refractivity contribution is 5.97. The third kappa shape index (κ3) is 3.42. The van der Waals surface area contributed by atoms with E-state index >= 15 is 0 Å². The van der Waals surface area contributed by atoms with Crippen LogP contribution in [0.5, 0.6) is 5.75 Å². The summed E-state index contributed by atoms with van der Waals surface area (Å²) in [4.78, 5) is 25.7. The maximum Gasteiger partial charge on any atom is 0.168 e. The minimum atomic E-state index is -2.96. The number of ketones is 1. The summed E-state index contributed by atoms with van der Waals surface area (Å²) in [6.45, 7) is 0. The van der Waals surface area contributed by atoms with E-state index in [1.807, 2.05) is 17.7 Å². The van der Waals surface area contributed by atoms with Gasteiger partial charge >= 0.3 is 0 Å². The van der Waals surface area contributed by atoms with Crippen LogP contribution in [-0.4, -0.2) is 32.3 Å². The maximum atomic E-state index is 13.0. The number of hydrogen-bond donors (Lipinski definition) is 0. The predicted molar refractivity (Wildman–Crippen MR) is 103 cm³/mol. The first-order chi connectivity index (χ1) is 16.0. The first-order valence-electron chi connectivity index (χ1n) is 11.5. The van der Waals surface area contributed by atoms with Gasteiger partial charge in [0.2, 0.25) is 0 Å². The molecule has 134 valence electrons. The fraction of sp³-hybridized carbons (Fsp3) is 0.143. The molecule has 0 bridgehead atoms. The lowest BCUT2D eigenvalue weighted by Gasteiger charge is -2.06. The molecule has 0 radical (unpaired) electrons. The van der Waals surface area contributed by atoms with Crippen LogP contribution in [0.4, 0.5) is 0 Å². The smallest absolute Gasteiger partial charge is 0.168 e. The van der Waals surface area contributed by atoms with Crippen LogP contribution < -0.4 is 4.74 Å². The minimum absolute atomic E-state index is 0.290. The molecule has 0 amide bonds. The van der Waals surface area contributed by atoms with Crippen LogP contribution in [0.25, 0.3) is 22.2 Å². The van der Waals surface area contributed by atoms with E-state index in [-0.39, 0.29) is 6.42 Å². The monoisotopic (exact) mass is 365 g/mol. The standard InChI is InChI=1S/C21H18N4O2/c1-25-13-22-12-20(25)16-7-15-8-17(23-11-19(15)24-10-16)9-21(26)14-3-5-18(27-2)6-4-14/h3-8,10-13H,9H2,1-2H3/i2D3,3D,4D,5D,6D. The summed E-state index contributed by atoms with van der Waals surface area (Å²) in [5.41, 5.74) is 2.17. The van der Waals surface area contributed by atoms with Crippen molar-refractivity contribution >= 4 is 16.7 Å². The molecule has 3 heterocycles. The van der Waals surface area contributed by atoms with Gasteiger partial charge < -0.3 is 9.30 Å². The van der Waals surface area contributed by atoms with E-state index in [9.17, 15) is 4.79 Å². The molecule has 0 atom stereocenters. The van der Waals surface area contributed by atoms with E-state index in [0.29, 0.717) is 11.2 Å². The van der Waals surface area contributed by atoms with Gasteiger partial charge in [0.05, 0.1) is 53.0 Å². The van der Waals surface area contributed by atoms with Crippen molar-refractivity contribution in [2.75, 3.05) is 7.04 Å². The van der Waals surface area contributed by atoms with Crippen molar-refractivity contribution in [2.24, 2.45) is 7.05 Å². The number of carbonyl (C=O) groups excluding carboxylic acids is 1. The number of pyridine rings is 2. The van der Waals surface area contributed by atoms with Crippen LogP contribution in [0.15, 0.2) is 61.2 Å². The van der Waals surface area contributed by atoms with E-state index in [0.717, 1.165) is 16.6 Å². The van der Waals surface area contributed by atoms with Gasteiger partial charge in [0.25, 0.3) is 0 Å². The molecule has 0 aliphatic carbocycles. The zero-order chi connectivity index (χ0) is 24.8. The highest BCUT2D eigenvalue weighted by atomic mass is 16.5. The summed E-state index contributed by atoms with van der Waals surface area (Å²) < 4.78 is 60.2. The fourth-order valence-electron chi connectivity index (χ4n) is 2.69. The molecule has 6 nitrogen and oxygen atoms in total. The number of carbonyl (C=O) groups is 1. The van der Waals surface area contributed by atoms with E-state index in [2.05, 4.69) is 19.7 Å². The highest BCUT2D eigenvalue weighted by Gasteiger charge is 2.10. The lowest BCUT2D eigenvalue weighted by atomic mass is 10.0. The van der Waals surface area contributed by atoms with E-state index in [4.69, 9.17) is 9.60 Å². The zero-order valence-electron chi connectivity index (χ0n) is 21.3. The second kappa shape index (κ2) is 6.99. The summed E-state index contributed by atoms with van der Waals surface area (Å²) >= 11 is 0. The largest absolute Gasteiger partial charge is 0.497 e. The second-order valence-corrected chi connectivity index (χ2v) is 5.89. The van der Waals surface area contributed by atoms with Gasteiger partial charge in [-0.3, -0.25) is 14.8 Å². The second-order valence-electron chi connectivity index (χ2n) is 5.89. The van der Waals surface area contributed by atoms with Gasteiger partial charge in [0, 0.05) is 35.5 Å². The van der Waals surface area contributed by atoms with Crippen LogP contribution in [0, 0.1) is 0 Å². The van der Waals surface area contributed by atoms with E-state index in [1.54, 1.807) is 24.8 Å². The molecule has 4 aromatic rings. The maximum absolute atomic E-state index is 13.0. The molecule has 0 unspecified atom stereocenters. The van der Waals surface area contributed by atoms with Crippen molar-refractivity contribution in [3.63, 3.8) is 0 Å². The molecule has 27 heavy (non-hydrogen) atoms. The third-order valence-electron chi connectivity index (χ3n) is 4.06. The lowest BCUT2D eigenvalue weighted by Crippen LogP contribution is -2.05. The minimum Gasteiger partial charge on any atom is -0.497 e. The molecule has 0 saturated heterocycles. The number of hydrogen-bond acceptors (Lipinski definition) is 5. The van der Waals surface area contributed by atoms with Gasteiger partial charge in [-0.05, 0) is 36.3 Å². The Morgan fingerprint density at radius 1 is 1.19 bits per heavy atom. The Labute approximate surface area is 166 Å². The summed E-state index contributed by atoms with van der Waals surface area (Å²) in [5.74, 6) is -1.43. The first-order valence-corrected chi connectivity index (χ1v) is 8.00. The van der Waals surface area contributed by atoms with Gasteiger partial charge in [-0.1, -0.05) is 0 Å². The predicted octanol–water partition coefficient (Wildman–Crippen LogP) is 3.46. The molecule has 3 aromatic heterocycles. The van der Waals surface area contributed by atoms with Crippen molar-refractivity contribution in [3.8, 4) is 17.0 Å². The number of methoxy groups -OCH3 is 1. The van der Waals surface area contributed by atoms with Crippen molar-refractivity contribution in [3.05, 3.63) is 72.5 Å². The zero-order valence-corrected chi connectivity index (χ0v) is 14.3. The molecule has 1 aromatic carbocycles. The van der Waals surface area contributed by atoms with Gasteiger partial charge in [0.1, 0.15) is 5.75 Å². The molecule has 0 aliphatic heterocycles. The molecule has 4 rings (SSSR count). The number of ether oxygens (including phenoxy) is 1. The molecule has 0 N–H and O–H groups in total. The van der Waals surface area contributed by atoms with Crippen molar-refractivity contribution in [1.82, 2.24) is 19.5 Å². The SMILES string of the molecule is [2H]c1c([2H])c(C(=O)Cc2cc3cc(-c4cncn4C)cnc3cn2)c([2H])c([2H])c1OC([2H])([2H])[2H]. The van der Waals surface area contributed by atoms with Crippen molar-refractivity contribution in [2.45, 2.75) is 6.42 Å². The van der Waals surface area contributed by atoms with Crippen LogP contribution >= 0.6 is 0 Å². The molecular formula is C21H18N4O2. The van der Waals surface area contributed by atoms with Crippen LogP contribution in [-0.2, 0) is 13.5 Å². The van der Waals surface area contributed by atoms with Crippen LogP contribution in [0.2, 0.25) is 0 Å².